The van der Waals surface area contributed by atoms with E-state index in [-0.39, 0.29) is 11.0 Å². The Balaban J connectivity index is 1.49. The number of nitrogens with zero attached hydrogens (tertiary/aromatic N) is 2. The van der Waals surface area contributed by atoms with Crippen molar-refractivity contribution in [2.24, 2.45) is 5.92 Å². The molecule has 0 aromatic carbocycles. The molecule has 0 atom stereocenters. The molecule has 0 saturated carbocycles. The van der Waals surface area contributed by atoms with Crippen LogP contribution in [0.1, 0.15) is 50.6 Å². The second-order valence-electron chi connectivity index (χ2n) is 8.01. The summed E-state index contributed by atoms with van der Waals surface area (Å²) in [7, 11) is 0. The first-order valence-corrected chi connectivity index (χ1v) is 8.85. The van der Waals surface area contributed by atoms with Crippen LogP contribution < -0.4 is 5.56 Å². The zero-order valence-corrected chi connectivity index (χ0v) is 14.9. The van der Waals surface area contributed by atoms with Gasteiger partial charge in [0.15, 0.2) is 0 Å². The number of aromatic nitrogens is 3. The van der Waals surface area contributed by atoms with Crippen LogP contribution in [0.4, 0.5) is 0 Å². The van der Waals surface area contributed by atoms with Crippen molar-refractivity contribution in [3.05, 3.63) is 51.7 Å². The maximum atomic E-state index is 11.1. The third kappa shape index (κ3) is 4.35. The van der Waals surface area contributed by atoms with Crippen LogP contribution >= 0.6 is 0 Å². The van der Waals surface area contributed by atoms with Crippen LogP contribution in [0.25, 0.3) is 0 Å². The molecule has 3 heterocycles. The van der Waals surface area contributed by atoms with E-state index >= 15 is 0 Å². The van der Waals surface area contributed by atoms with Crippen molar-refractivity contribution in [2.45, 2.75) is 52.0 Å². The summed E-state index contributed by atoms with van der Waals surface area (Å²) < 4.78 is 0. The molecule has 2 aromatic heterocycles. The Morgan fingerprint density at radius 1 is 1.25 bits per heavy atom. The van der Waals surface area contributed by atoms with Gasteiger partial charge in [-0.3, -0.25) is 14.8 Å². The summed E-state index contributed by atoms with van der Waals surface area (Å²) in [5.74, 6) is 0.707. The van der Waals surface area contributed by atoms with Crippen LogP contribution in [-0.2, 0) is 18.4 Å². The third-order valence-corrected chi connectivity index (χ3v) is 4.87. The van der Waals surface area contributed by atoms with Crippen molar-refractivity contribution < 1.29 is 0 Å². The van der Waals surface area contributed by atoms with E-state index in [0.29, 0.717) is 5.92 Å². The number of hydrogen-bond donors (Lipinski definition) is 2. The summed E-state index contributed by atoms with van der Waals surface area (Å²) in [6, 6.07) is 5.77. The Morgan fingerprint density at radius 2 is 2.00 bits per heavy atom. The Hall–Kier alpha value is -1.88. The van der Waals surface area contributed by atoms with Crippen molar-refractivity contribution in [3.8, 4) is 0 Å². The molecule has 1 aliphatic rings. The molecule has 0 radical (unpaired) electrons. The van der Waals surface area contributed by atoms with Gasteiger partial charge in [0.05, 0.1) is 5.69 Å². The molecular formula is C19H28N4O. The van der Waals surface area contributed by atoms with Crippen molar-refractivity contribution >= 4 is 0 Å². The number of rotatable bonds is 4. The molecule has 3 rings (SSSR count). The van der Waals surface area contributed by atoms with Crippen LogP contribution in [0.5, 0.6) is 0 Å². The van der Waals surface area contributed by atoms with Crippen molar-refractivity contribution in [1.82, 2.24) is 20.1 Å². The average molecular weight is 328 g/mol. The maximum Gasteiger partial charge on any atom is 0.247 e. The Kier molecular flexibility index (Phi) is 4.90. The molecule has 0 bridgehead atoms. The van der Waals surface area contributed by atoms with Crippen LogP contribution in [0.3, 0.4) is 0 Å². The minimum absolute atomic E-state index is 0.0252. The van der Waals surface area contributed by atoms with Crippen molar-refractivity contribution in [1.29, 1.82) is 0 Å². The Bertz CT molecular complexity index is 697. The van der Waals surface area contributed by atoms with Gasteiger partial charge >= 0.3 is 0 Å². The SMILES string of the molecule is CC(C)(C)c1cc(CN2CCC(Cc3ccc(=O)[nH]c3)CC2)[nH]n1. The molecule has 1 fully saturated rings. The van der Waals surface area contributed by atoms with Gasteiger partial charge < -0.3 is 4.98 Å². The number of H-pyrrole nitrogens is 2. The van der Waals surface area contributed by atoms with Gasteiger partial charge in [0.1, 0.15) is 0 Å². The smallest absolute Gasteiger partial charge is 0.247 e. The highest BCUT2D eigenvalue weighted by Gasteiger charge is 2.22. The summed E-state index contributed by atoms with van der Waals surface area (Å²) >= 11 is 0. The summed E-state index contributed by atoms with van der Waals surface area (Å²) in [6.07, 6.45) is 5.33. The van der Waals surface area contributed by atoms with E-state index in [9.17, 15) is 4.79 Å². The number of hydrogen-bond acceptors (Lipinski definition) is 3. The number of likely N-dealkylation sites (tertiary alicyclic amines) is 1. The second kappa shape index (κ2) is 6.93. The van der Waals surface area contributed by atoms with E-state index < -0.39 is 0 Å². The van der Waals surface area contributed by atoms with Crippen molar-refractivity contribution in [3.63, 3.8) is 0 Å². The lowest BCUT2D eigenvalue weighted by atomic mass is 9.90. The van der Waals surface area contributed by atoms with Gasteiger partial charge in [-0.15, -0.1) is 0 Å². The number of pyridine rings is 1. The number of aromatic amines is 2. The summed E-state index contributed by atoms with van der Waals surface area (Å²) in [5.41, 5.74) is 3.64. The highest BCUT2D eigenvalue weighted by molar-refractivity contribution is 5.16. The van der Waals surface area contributed by atoms with E-state index in [1.165, 1.54) is 24.1 Å². The Labute approximate surface area is 143 Å². The molecule has 5 nitrogen and oxygen atoms in total. The zero-order valence-electron chi connectivity index (χ0n) is 14.9. The fraction of sp³-hybridized carbons (Fsp3) is 0.579. The molecular weight excluding hydrogens is 300 g/mol. The van der Waals surface area contributed by atoms with E-state index in [1.54, 1.807) is 6.07 Å². The monoisotopic (exact) mass is 328 g/mol. The van der Waals surface area contributed by atoms with E-state index in [0.717, 1.165) is 31.7 Å². The average Bonchev–Trinajstić information content (AvgIpc) is 3.00. The second-order valence-corrected chi connectivity index (χ2v) is 8.01. The minimum Gasteiger partial charge on any atom is -0.329 e. The standard InChI is InChI=1S/C19H28N4O/c1-19(2,3)17-11-16(21-22-17)13-23-8-6-14(7-9-23)10-15-4-5-18(24)20-12-15/h4-5,11-12,14H,6-10,13H2,1-3H3,(H,20,24)(H,21,22). The number of piperidine rings is 1. The fourth-order valence-electron chi connectivity index (χ4n) is 3.32. The molecule has 0 unspecified atom stereocenters. The van der Waals surface area contributed by atoms with E-state index in [1.807, 2.05) is 12.3 Å². The molecule has 24 heavy (non-hydrogen) atoms. The first-order valence-electron chi connectivity index (χ1n) is 8.85. The van der Waals surface area contributed by atoms with Gasteiger partial charge in [0, 0.05) is 29.9 Å². The maximum absolute atomic E-state index is 11.1. The van der Waals surface area contributed by atoms with Gasteiger partial charge in [-0.05, 0) is 49.9 Å². The summed E-state index contributed by atoms with van der Waals surface area (Å²) in [4.78, 5) is 16.4. The molecule has 5 heteroatoms. The minimum atomic E-state index is -0.0252. The van der Waals surface area contributed by atoms with Gasteiger partial charge in [-0.25, -0.2) is 0 Å². The van der Waals surface area contributed by atoms with E-state index in [2.05, 4.69) is 46.9 Å². The first kappa shape index (κ1) is 17.0. The first-order chi connectivity index (χ1) is 11.4. The van der Waals surface area contributed by atoms with Gasteiger partial charge in [-0.1, -0.05) is 26.8 Å². The predicted octanol–water partition coefficient (Wildman–Crippen LogP) is 2.85. The molecule has 1 aliphatic heterocycles. The molecule has 0 spiro atoms. The Morgan fingerprint density at radius 3 is 2.58 bits per heavy atom. The summed E-state index contributed by atoms with van der Waals surface area (Å²) in [6.45, 7) is 9.77. The predicted molar refractivity (Wildman–Crippen MR) is 96.1 cm³/mol. The lowest BCUT2D eigenvalue weighted by Gasteiger charge is -2.31. The molecule has 0 amide bonds. The normalized spacial score (nSPS) is 17.3. The van der Waals surface area contributed by atoms with Crippen LogP contribution in [0.15, 0.2) is 29.2 Å². The number of nitrogens with one attached hydrogen (secondary N) is 2. The lowest BCUT2D eigenvalue weighted by molar-refractivity contribution is 0.175. The fourth-order valence-corrected chi connectivity index (χ4v) is 3.32. The lowest BCUT2D eigenvalue weighted by Crippen LogP contribution is -2.34. The largest absolute Gasteiger partial charge is 0.329 e. The van der Waals surface area contributed by atoms with Crippen LogP contribution in [-0.4, -0.2) is 33.2 Å². The van der Waals surface area contributed by atoms with Gasteiger partial charge in [0.2, 0.25) is 5.56 Å². The van der Waals surface area contributed by atoms with Crippen molar-refractivity contribution in [2.75, 3.05) is 13.1 Å². The highest BCUT2D eigenvalue weighted by atomic mass is 16.1. The van der Waals surface area contributed by atoms with Crippen LogP contribution in [0.2, 0.25) is 0 Å². The topological polar surface area (TPSA) is 64.8 Å². The van der Waals surface area contributed by atoms with Gasteiger partial charge in [-0.2, -0.15) is 5.10 Å². The molecule has 2 aromatic rings. The molecule has 1 saturated heterocycles. The highest BCUT2D eigenvalue weighted by Crippen LogP contribution is 2.24. The van der Waals surface area contributed by atoms with E-state index in [4.69, 9.17) is 0 Å². The van der Waals surface area contributed by atoms with Gasteiger partial charge in [0.25, 0.3) is 0 Å². The molecule has 130 valence electrons. The zero-order chi connectivity index (χ0) is 17.2. The summed E-state index contributed by atoms with van der Waals surface area (Å²) in [5, 5.41) is 7.64. The van der Waals surface area contributed by atoms with Crippen LogP contribution in [0, 0.1) is 5.92 Å². The quantitative estimate of drug-likeness (QED) is 0.907. The third-order valence-electron chi connectivity index (χ3n) is 4.87. The molecule has 0 aliphatic carbocycles. The molecule has 2 N–H and O–H groups in total.